The Kier molecular flexibility index (Phi) is 11.1. The number of hydrogen-bond acceptors (Lipinski definition) is 7. The zero-order valence-corrected chi connectivity index (χ0v) is 21.6. The second-order valence-electron chi connectivity index (χ2n) is 10.1. The Labute approximate surface area is 214 Å². The predicted octanol–water partition coefficient (Wildman–Crippen LogP) is 5.87. The first-order chi connectivity index (χ1) is 17.5. The average Bonchev–Trinajstić information content (AvgIpc) is 3.18. The largest absolute Gasteiger partial charge is 0.462 e. The third kappa shape index (κ3) is 8.26. The molecule has 0 aromatic carbocycles. The van der Waals surface area contributed by atoms with Crippen LogP contribution in [-0.4, -0.2) is 40.5 Å². The fourth-order valence-corrected chi connectivity index (χ4v) is 5.00. The van der Waals surface area contributed by atoms with E-state index in [9.17, 15) is 9.18 Å². The van der Waals surface area contributed by atoms with Crippen molar-refractivity contribution in [3.8, 4) is 12.3 Å². The molecule has 0 saturated carbocycles. The fraction of sp³-hybridized carbons (Fsp3) is 0.714. The Balaban J connectivity index is 1.36. The number of aliphatic imine (C=N–C) groups is 1. The molecule has 3 atom stereocenters. The molecule has 1 saturated heterocycles. The van der Waals surface area contributed by atoms with Crippen LogP contribution in [0.5, 0.6) is 0 Å². The summed E-state index contributed by atoms with van der Waals surface area (Å²) in [5, 5.41) is 0. The molecule has 8 heteroatoms. The number of fused-ring (bicyclic) bond motifs is 1. The Morgan fingerprint density at radius 1 is 1.17 bits per heavy atom. The molecule has 7 nitrogen and oxygen atoms in total. The van der Waals surface area contributed by atoms with Crippen LogP contribution in [0.15, 0.2) is 4.99 Å². The van der Waals surface area contributed by atoms with Crippen LogP contribution in [0.4, 0.5) is 15.9 Å². The van der Waals surface area contributed by atoms with Crippen molar-refractivity contribution in [3.05, 3.63) is 11.8 Å². The van der Waals surface area contributed by atoms with E-state index in [1.807, 2.05) is 0 Å². The molecule has 0 bridgehead atoms. The standard InChI is InChI=1S/C28H41FN4O3/c1-3-5-6-7-8-9-10-11-12-13-14-24(34)35-20-28(4-2)18-17-23(36-28)21-15-16-22-25(31-19-21)26(30)33-27(29)32-22/h2,19,21,23H,3,5-18,20H2,1H3,(H2,30,32,33)/t21?,23-,28+/m1/s1. The van der Waals surface area contributed by atoms with Gasteiger partial charge in [-0.2, -0.15) is 9.37 Å². The summed E-state index contributed by atoms with van der Waals surface area (Å²) in [5.74, 6) is 2.51. The molecular formula is C28H41FN4O3. The third-order valence-electron chi connectivity index (χ3n) is 7.22. The first kappa shape index (κ1) is 28.0. The van der Waals surface area contributed by atoms with E-state index >= 15 is 0 Å². The number of ether oxygens (including phenoxy) is 2. The topological polar surface area (TPSA) is 99.7 Å². The van der Waals surface area contributed by atoms with Gasteiger partial charge in [-0.15, -0.1) is 6.42 Å². The molecule has 1 unspecified atom stereocenters. The van der Waals surface area contributed by atoms with Crippen LogP contribution in [0, 0.1) is 24.3 Å². The molecule has 1 aromatic heterocycles. The third-order valence-corrected chi connectivity index (χ3v) is 7.22. The lowest BCUT2D eigenvalue weighted by molar-refractivity contribution is -0.151. The van der Waals surface area contributed by atoms with Crippen LogP contribution >= 0.6 is 0 Å². The van der Waals surface area contributed by atoms with Crippen LogP contribution in [0.3, 0.4) is 0 Å². The predicted molar refractivity (Wildman–Crippen MR) is 139 cm³/mol. The minimum Gasteiger partial charge on any atom is -0.462 e. The molecule has 0 amide bonds. The molecule has 198 valence electrons. The Hall–Kier alpha value is -2.53. The molecule has 3 heterocycles. The van der Waals surface area contributed by atoms with Gasteiger partial charge in [-0.05, 0) is 32.1 Å². The summed E-state index contributed by atoms with van der Waals surface area (Å²) < 4.78 is 25.3. The lowest BCUT2D eigenvalue weighted by atomic mass is 9.94. The van der Waals surface area contributed by atoms with Gasteiger partial charge in [0.05, 0.1) is 11.8 Å². The molecule has 2 N–H and O–H groups in total. The van der Waals surface area contributed by atoms with E-state index in [1.165, 1.54) is 44.9 Å². The van der Waals surface area contributed by atoms with E-state index in [1.54, 1.807) is 6.21 Å². The van der Waals surface area contributed by atoms with E-state index in [-0.39, 0.29) is 30.4 Å². The maximum absolute atomic E-state index is 13.5. The van der Waals surface area contributed by atoms with E-state index in [2.05, 4.69) is 27.8 Å². The summed E-state index contributed by atoms with van der Waals surface area (Å²) in [5.41, 5.74) is 5.81. The number of esters is 1. The number of nitrogen functional groups attached to an aromatic ring is 1. The number of aromatic nitrogens is 2. The minimum atomic E-state index is -0.921. The van der Waals surface area contributed by atoms with Gasteiger partial charge in [-0.3, -0.25) is 9.79 Å². The van der Waals surface area contributed by atoms with Gasteiger partial charge < -0.3 is 15.2 Å². The van der Waals surface area contributed by atoms with Gasteiger partial charge in [-0.25, -0.2) is 4.98 Å². The van der Waals surface area contributed by atoms with Gasteiger partial charge in [0.15, 0.2) is 11.4 Å². The molecule has 2 aliphatic rings. The highest BCUT2D eigenvalue weighted by Gasteiger charge is 2.43. The van der Waals surface area contributed by atoms with Gasteiger partial charge in [0.1, 0.15) is 12.3 Å². The number of halogens is 1. The summed E-state index contributed by atoms with van der Waals surface area (Å²) in [7, 11) is 0. The van der Waals surface area contributed by atoms with Gasteiger partial charge in [0.2, 0.25) is 0 Å². The lowest BCUT2D eigenvalue weighted by Gasteiger charge is -2.25. The normalized spacial score (nSPS) is 23.1. The SMILES string of the molecule is C#C[C@@]1(COC(=O)CCCCCCCCCCCC)CC[C@H](C2C=Nc3c(N)nc(F)nc3CC2)O1. The smallest absolute Gasteiger partial charge is 0.310 e. The molecular weight excluding hydrogens is 459 g/mol. The van der Waals surface area contributed by atoms with Crippen LogP contribution in [-0.2, 0) is 20.7 Å². The van der Waals surface area contributed by atoms with Crippen LogP contribution in [0.2, 0.25) is 0 Å². The lowest BCUT2D eigenvalue weighted by Crippen LogP contribution is -2.36. The number of nitrogens with zero attached hydrogens (tertiary/aromatic N) is 3. The Morgan fingerprint density at radius 2 is 1.86 bits per heavy atom. The summed E-state index contributed by atoms with van der Waals surface area (Å²) in [6.45, 7) is 2.30. The van der Waals surface area contributed by atoms with Gasteiger partial charge >= 0.3 is 12.0 Å². The van der Waals surface area contributed by atoms with Crippen LogP contribution in [0.1, 0.15) is 103 Å². The first-order valence-electron chi connectivity index (χ1n) is 13.6. The van der Waals surface area contributed by atoms with Crippen molar-refractivity contribution in [2.75, 3.05) is 12.3 Å². The van der Waals surface area contributed by atoms with Crippen molar-refractivity contribution < 1.29 is 18.7 Å². The molecule has 3 rings (SSSR count). The molecule has 1 fully saturated rings. The summed E-state index contributed by atoms with van der Waals surface area (Å²) in [6, 6.07) is 0. The van der Waals surface area contributed by atoms with Crippen molar-refractivity contribution in [1.29, 1.82) is 0 Å². The van der Waals surface area contributed by atoms with Crippen molar-refractivity contribution in [1.82, 2.24) is 9.97 Å². The highest BCUT2D eigenvalue weighted by Crippen LogP contribution is 2.37. The average molecular weight is 501 g/mol. The second kappa shape index (κ2) is 14.3. The van der Waals surface area contributed by atoms with Gasteiger partial charge in [0.25, 0.3) is 0 Å². The van der Waals surface area contributed by atoms with E-state index < -0.39 is 11.7 Å². The highest BCUT2D eigenvalue weighted by atomic mass is 19.1. The monoisotopic (exact) mass is 500 g/mol. The number of anilines is 1. The molecule has 0 spiro atoms. The van der Waals surface area contributed by atoms with E-state index in [0.717, 1.165) is 25.7 Å². The summed E-state index contributed by atoms with van der Waals surface area (Å²) >= 11 is 0. The van der Waals surface area contributed by atoms with E-state index in [4.69, 9.17) is 21.6 Å². The zero-order chi connectivity index (χ0) is 25.8. The second-order valence-corrected chi connectivity index (χ2v) is 10.1. The molecule has 0 radical (unpaired) electrons. The number of carbonyl (C=O) groups is 1. The maximum atomic E-state index is 13.5. The Morgan fingerprint density at radius 3 is 2.56 bits per heavy atom. The van der Waals surface area contributed by atoms with Crippen LogP contribution < -0.4 is 5.73 Å². The number of hydrogen-bond donors (Lipinski definition) is 1. The molecule has 2 aliphatic heterocycles. The molecule has 0 aliphatic carbocycles. The Bertz CT molecular complexity index is 932. The van der Waals surface area contributed by atoms with Gasteiger partial charge in [0, 0.05) is 18.6 Å². The van der Waals surface area contributed by atoms with Gasteiger partial charge in [-0.1, -0.05) is 70.6 Å². The highest BCUT2D eigenvalue weighted by molar-refractivity contribution is 5.73. The minimum absolute atomic E-state index is 0.0285. The number of terminal acetylenes is 1. The number of carbonyl (C=O) groups excluding carboxylic acids is 1. The van der Waals surface area contributed by atoms with E-state index in [0.29, 0.717) is 37.1 Å². The summed E-state index contributed by atoms with van der Waals surface area (Å²) in [6.07, 6.45) is 21.7. The van der Waals surface area contributed by atoms with Crippen molar-refractivity contribution in [3.63, 3.8) is 0 Å². The zero-order valence-electron chi connectivity index (χ0n) is 21.6. The molecule has 36 heavy (non-hydrogen) atoms. The van der Waals surface area contributed by atoms with Crippen LogP contribution in [0.25, 0.3) is 0 Å². The van der Waals surface area contributed by atoms with Crippen molar-refractivity contribution >= 4 is 23.7 Å². The van der Waals surface area contributed by atoms with Crippen molar-refractivity contribution in [2.24, 2.45) is 10.9 Å². The molecule has 1 aromatic rings. The van der Waals surface area contributed by atoms with Crippen molar-refractivity contribution in [2.45, 2.75) is 115 Å². The number of unbranched alkanes of at least 4 members (excludes halogenated alkanes) is 9. The quantitative estimate of drug-likeness (QED) is 0.148. The maximum Gasteiger partial charge on any atom is 0.310 e. The number of rotatable bonds is 14. The fourth-order valence-electron chi connectivity index (χ4n) is 5.00. The number of aryl methyl sites for hydroxylation is 1. The number of nitrogens with two attached hydrogens (primary N) is 1. The first-order valence-corrected chi connectivity index (χ1v) is 13.6. The summed E-state index contributed by atoms with van der Waals surface area (Å²) in [4.78, 5) is 24.1.